The Labute approximate surface area is 94.2 Å². The van der Waals surface area contributed by atoms with Gasteiger partial charge in [0.15, 0.2) is 0 Å². The van der Waals surface area contributed by atoms with Crippen LogP contribution >= 0.6 is 23.5 Å². The maximum atomic E-state index is 14.0. The molecule has 6 heteroatoms. The number of ketones is 1. The summed E-state index contributed by atoms with van der Waals surface area (Å²) in [5.41, 5.74) is -2.26. The molecule has 0 amide bonds. The molecule has 3 unspecified atom stereocenters. The minimum absolute atomic E-state index is 0.202. The number of Topliss-reactive ketones (excluding diaryl/α,β-unsaturated/α-hetero) is 1. The Morgan fingerprint density at radius 1 is 1.47 bits per heavy atom. The molecule has 15 heavy (non-hydrogen) atoms. The van der Waals surface area contributed by atoms with Crippen molar-refractivity contribution in [2.75, 3.05) is 11.5 Å². The molecule has 3 nitrogen and oxygen atoms in total. The lowest BCUT2D eigenvalue weighted by Crippen LogP contribution is -2.33. The summed E-state index contributed by atoms with van der Waals surface area (Å²) >= 11 is 3.13. The Kier molecular flexibility index (Phi) is 1.80. The predicted octanol–water partition coefficient (Wildman–Crippen LogP) is 1.17. The van der Waals surface area contributed by atoms with Crippen molar-refractivity contribution in [3.05, 3.63) is 0 Å². The summed E-state index contributed by atoms with van der Waals surface area (Å²) in [7, 11) is 0. The van der Waals surface area contributed by atoms with Crippen LogP contribution in [0.15, 0.2) is 0 Å². The van der Waals surface area contributed by atoms with Crippen LogP contribution in [-0.2, 0) is 9.59 Å². The molecule has 1 N–H and O–H groups in total. The van der Waals surface area contributed by atoms with Crippen LogP contribution in [0.5, 0.6) is 0 Å². The van der Waals surface area contributed by atoms with E-state index >= 15 is 0 Å². The van der Waals surface area contributed by atoms with E-state index in [1.807, 2.05) is 0 Å². The van der Waals surface area contributed by atoms with Gasteiger partial charge in [0.05, 0.1) is 10.00 Å². The summed E-state index contributed by atoms with van der Waals surface area (Å²) < 4.78 is 13.6. The zero-order chi connectivity index (χ0) is 10.8. The fourth-order valence-electron chi connectivity index (χ4n) is 2.83. The van der Waals surface area contributed by atoms with Crippen molar-refractivity contribution in [3.63, 3.8) is 0 Å². The second-order valence-corrected chi connectivity index (χ2v) is 7.29. The van der Waals surface area contributed by atoms with Gasteiger partial charge in [0.2, 0.25) is 5.67 Å². The molecule has 3 fully saturated rings. The monoisotopic (exact) mass is 248 g/mol. The van der Waals surface area contributed by atoms with E-state index in [2.05, 4.69) is 0 Å². The highest BCUT2D eigenvalue weighted by Crippen LogP contribution is 2.73. The first kappa shape index (κ1) is 9.96. The van der Waals surface area contributed by atoms with E-state index in [0.717, 1.165) is 11.5 Å². The summed E-state index contributed by atoms with van der Waals surface area (Å²) in [5, 5.41) is 8.83. The topological polar surface area (TPSA) is 54.4 Å². The highest BCUT2D eigenvalue weighted by Gasteiger charge is 2.85. The summed E-state index contributed by atoms with van der Waals surface area (Å²) in [6, 6.07) is 0. The third kappa shape index (κ3) is 0.996. The molecule has 2 saturated carbocycles. The number of carbonyl (C=O) groups excluding carboxylic acids is 1. The number of carbonyl (C=O) groups is 2. The Morgan fingerprint density at radius 2 is 2.07 bits per heavy atom. The normalized spacial score (nSPS) is 45.8. The summed E-state index contributed by atoms with van der Waals surface area (Å²) in [6.45, 7) is 0. The van der Waals surface area contributed by atoms with Crippen molar-refractivity contribution >= 4 is 35.3 Å². The zero-order valence-corrected chi connectivity index (χ0v) is 9.37. The standard InChI is InChI=1S/C9H9FO3S2/c10-9(7(12)13)5-4(11)3-8(6(5)9)14-1-2-15-8/h5-6H,1-3H2,(H,12,13). The summed E-state index contributed by atoms with van der Waals surface area (Å²) in [4.78, 5) is 22.4. The minimum atomic E-state index is -2.26. The highest BCUT2D eigenvalue weighted by atomic mass is 32.2. The number of hydrogen-bond acceptors (Lipinski definition) is 4. The number of alkyl halides is 1. The molecule has 0 aromatic heterocycles. The van der Waals surface area contributed by atoms with Crippen molar-refractivity contribution in [2.45, 2.75) is 16.2 Å². The number of rotatable bonds is 1. The molecule has 0 bridgehead atoms. The van der Waals surface area contributed by atoms with E-state index in [0.29, 0.717) is 6.42 Å². The number of carboxylic acid groups (broad SMARTS) is 1. The maximum absolute atomic E-state index is 14.0. The molecule has 0 radical (unpaired) electrons. The average Bonchev–Trinajstić information content (AvgIpc) is 2.52. The third-order valence-electron chi connectivity index (χ3n) is 3.47. The van der Waals surface area contributed by atoms with Crippen molar-refractivity contribution in [2.24, 2.45) is 11.8 Å². The number of fused-ring (bicyclic) bond motifs is 2. The Hall–Kier alpha value is -0.230. The molecule has 1 aliphatic heterocycles. The second-order valence-electron chi connectivity index (χ2n) is 4.18. The summed E-state index contributed by atoms with van der Waals surface area (Å²) in [5.74, 6) is -1.35. The van der Waals surface area contributed by atoms with Gasteiger partial charge in [-0.2, -0.15) is 0 Å². The van der Waals surface area contributed by atoms with Gasteiger partial charge in [0.1, 0.15) is 5.78 Å². The van der Waals surface area contributed by atoms with Gasteiger partial charge in [-0.15, -0.1) is 23.5 Å². The molecule has 3 aliphatic rings. The van der Waals surface area contributed by atoms with Gasteiger partial charge in [0.25, 0.3) is 0 Å². The van der Waals surface area contributed by atoms with Gasteiger partial charge >= 0.3 is 5.97 Å². The van der Waals surface area contributed by atoms with Crippen LogP contribution in [0.1, 0.15) is 6.42 Å². The van der Waals surface area contributed by atoms with Crippen LogP contribution in [0.3, 0.4) is 0 Å². The van der Waals surface area contributed by atoms with Crippen molar-refractivity contribution in [1.82, 2.24) is 0 Å². The third-order valence-corrected chi connectivity index (χ3v) is 7.03. The van der Waals surface area contributed by atoms with E-state index in [9.17, 15) is 14.0 Å². The fraction of sp³-hybridized carbons (Fsp3) is 0.778. The van der Waals surface area contributed by atoms with Crippen LogP contribution < -0.4 is 0 Å². The first-order valence-corrected chi connectivity index (χ1v) is 6.72. The Morgan fingerprint density at radius 3 is 2.53 bits per heavy atom. The zero-order valence-electron chi connectivity index (χ0n) is 7.73. The molecule has 1 spiro atoms. The lowest BCUT2D eigenvalue weighted by molar-refractivity contribution is -0.147. The molecule has 1 heterocycles. The van der Waals surface area contributed by atoms with E-state index in [4.69, 9.17) is 5.11 Å². The van der Waals surface area contributed by atoms with Gasteiger partial charge < -0.3 is 5.11 Å². The van der Waals surface area contributed by atoms with E-state index in [-0.39, 0.29) is 5.78 Å². The van der Waals surface area contributed by atoms with Crippen molar-refractivity contribution in [3.8, 4) is 0 Å². The highest BCUT2D eigenvalue weighted by molar-refractivity contribution is 8.21. The molecule has 0 aromatic rings. The number of hydrogen-bond donors (Lipinski definition) is 1. The van der Waals surface area contributed by atoms with E-state index < -0.39 is 27.6 Å². The number of halogens is 1. The van der Waals surface area contributed by atoms with Gasteiger partial charge in [0, 0.05) is 23.8 Å². The SMILES string of the molecule is O=C1CC2(SCCS2)C2C1C2(F)C(=O)O. The molecule has 0 aromatic carbocycles. The molecule has 82 valence electrons. The number of carboxylic acids is 1. The van der Waals surface area contributed by atoms with Gasteiger partial charge in [-0.25, -0.2) is 9.18 Å². The molecular formula is C9H9FO3S2. The van der Waals surface area contributed by atoms with E-state index in [1.165, 1.54) is 0 Å². The lowest BCUT2D eigenvalue weighted by atomic mass is 10.1. The lowest BCUT2D eigenvalue weighted by Gasteiger charge is -2.24. The average molecular weight is 248 g/mol. The first-order chi connectivity index (χ1) is 7.02. The maximum Gasteiger partial charge on any atom is 0.342 e. The molecule has 3 rings (SSSR count). The quantitative estimate of drug-likeness (QED) is 0.755. The second kappa shape index (κ2) is 2.71. The largest absolute Gasteiger partial charge is 0.479 e. The van der Waals surface area contributed by atoms with Crippen LogP contribution in [0.4, 0.5) is 4.39 Å². The van der Waals surface area contributed by atoms with Gasteiger partial charge in [-0.3, -0.25) is 4.79 Å². The molecule has 3 atom stereocenters. The van der Waals surface area contributed by atoms with Crippen LogP contribution in [0.25, 0.3) is 0 Å². The van der Waals surface area contributed by atoms with Crippen molar-refractivity contribution in [1.29, 1.82) is 0 Å². The molecule has 1 saturated heterocycles. The van der Waals surface area contributed by atoms with Crippen LogP contribution in [0.2, 0.25) is 0 Å². The van der Waals surface area contributed by atoms with Gasteiger partial charge in [-0.1, -0.05) is 0 Å². The van der Waals surface area contributed by atoms with Crippen LogP contribution in [-0.4, -0.2) is 38.1 Å². The minimum Gasteiger partial charge on any atom is -0.479 e. The van der Waals surface area contributed by atoms with Gasteiger partial charge in [-0.05, 0) is 0 Å². The van der Waals surface area contributed by atoms with Crippen LogP contribution in [0, 0.1) is 11.8 Å². The predicted molar refractivity (Wildman–Crippen MR) is 55.7 cm³/mol. The first-order valence-electron chi connectivity index (χ1n) is 4.75. The Bertz CT molecular complexity index is 366. The fourth-order valence-corrected chi connectivity index (χ4v) is 6.49. The summed E-state index contributed by atoms with van der Waals surface area (Å²) in [6.07, 6.45) is 0.344. The number of thioether (sulfide) groups is 2. The molecular weight excluding hydrogens is 239 g/mol. The van der Waals surface area contributed by atoms with Crippen molar-refractivity contribution < 1.29 is 19.1 Å². The smallest absolute Gasteiger partial charge is 0.342 e. The molecule has 2 aliphatic carbocycles. The van der Waals surface area contributed by atoms with E-state index in [1.54, 1.807) is 23.5 Å². The Balaban J connectivity index is 1.98. The number of aliphatic carboxylic acids is 1.